The molecule has 2 heterocycles. The number of tetrazole rings is 1. The first-order chi connectivity index (χ1) is 13.7. The van der Waals surface area contributed by atoms with Crippen LogP contribution in [-0.2, 0) is 6.54 Å². The number of aromatic nitrogens is 4. The van der Waals surface area contributed by atoms with E-state index in [2.05, 4.69) is 64.4 Å². The molecule has 0 radical (unpaired) electrons. The van der Waals surface area contributed by atoms with Crippen LogP contribution < -0.4 is 9.80 Å². The Morgan fingerprint density at radius 2 is 1.75 bits per heavy atom. The SMILES string of the molecule is CC(C)C[C@H](c1nnnn1C1CCCC1)[NH+]1CC[NH+](Cc2ccccc2)CC1. The first-order valence-corrected chi connectivity index (χ1v) is 11.2. The van der Waals surface area contributed by atoms with Crippen molar-refractivity contribution in [1.29, 1.82) is 0 Å². The Kier molecular flexibility index (Phi) is 6.37. The van der Waals surface area contributed by atoms with Crippen LogP contribution in [0.25, 0.3) is 0 Å². The van der Waals surface area contributed by atoms with Crippen LogP contribution in [0.2, 0.25) is 0 Å². The highest BCUT2D eigenvalue weighted by Crippen LogP contribution is 2.30. The van der Waals surface area contributed by atoms with Gasteiger partial charge in [-0.15, -0.1) is 5.10 Å². The van der Waals surface area contributed by atoms with E-state index in [0.29, 0.717) is 18.0 Å². The standard InChI is InChI=1S/C22H34N6/c1-18(2)16-21(22-23-24-25-28(22)20-10-6-7-11-20)27-14-12-26(13-15-27)17-19-8-4-3-5-9-19/h3-5,8-9,18,20-21H,6-7,10-17H2,1-2H3/p+2/t21-/m1/s1. The second kappa shape index (κ2) is 9.14. The fraction of sp³-hybridized carbons (Fsp3) is 0.682. The Bertz CT molecular complexity index is 714. The van der Waals surface area contributed by atoms with E-state index in [4.69, 9.17) is 0 Å². The summed E-state index contributed by atoms with van der Waals surface area (Å²) in [4.78, 5) is 3.38. The Morgan fingerprint density at radius 1 is 1.04 bits per heavy atom. The van der Waals surface area contributed by atoms with E-state index in [1.807, 2.05) is 0 Å². The van der Waals surface area contributed by atoms with Gasteiger partial charge < -0.3 is 9.80 Å². The highest BCUT2D eigenvalue weighted by molar-refractivity contribution is 5.13. The van der Waals surface area contributed by atoms with Crippen molar-refractivity contribution in [2.75, 3.05) is 26.2 Å². The highest BCUT2D eigenvalue weighted by Gasteiger charge is 2.36. The Morgan fingerprint density at radius 3 is 2.43 bits per heavy atom. The molecule has 2 aliphatic rings. The molecule has 2 fully saturated rings. The van der Waals surface area contributed by atoms with E-state index in [1.165, 1.54) is 57.4 Å². The largest absolute Gasteiger partial charge is 0.322 e. The van der Waals surface area contributed by atoms with Gasteiger partial charge in [0.1, 0.15) is 32.7 Å². The van der Waals surface area contributed by atoms with Gasteiger partial charge in [0.15, 0.2) is 6.04 Å². The molecule has 1 aromatic carbocycles. The van der Waals surface area contributed by atoms with E-state index >= 15 is 0 Å². The van der Waals surface area contributed by atoms with E-state index in [9.17, 15) is 0 Å². The van der Waals surface area contributed by atoms with E-state index in [-0.39, 0.29) is 0 Å². The maximum absolute atomic E-state index is 4.55. The Labute approximate surface area is 168 Å². The molecule has 0 amide bonds. The Balaban J connectivity index is 1.43. The van der Waals surface area contributed by atoms with Gasteiger partial charge in [-0.25, -0.2) is 4.68 Å². The van der Waals surface area contributed by atoms with Crippen molar-refractivity contribution in [3.8, 4) is 0 Å². The van der Waals surface area contributed by atoms with Gasteiger partial charge in [-0.1, -0.05) is 57.0 Å². The van der Waals surface area contributed by atoms with Crippen molar-refractivity contribution in [1.82, 2.24) is 20.2 Å². The molecule has 2 aromatic rings. The molecule has 6 nitrogen and oxygen atoms in total. The molecule has 1 aliphatic heterocycles. The van der Waals surface area contributed by atoms with Crippen LogP contribution in [0.15, 0.2) is 30.3 Å². The zero-order valence-corrected chi connectivity index (χ0v) is 17.5. The molecule has 1 saturated carbocycles. The molecule has 1 saturated heterocycles. The lowest BCUT2D eigenvalue weighted by molar-refractivity contribution is -1.03. The lowest BCUT2D eigenvalue weighted by atomic mass is 10.0. The van der Waals surface area contributed by atoms with Crippen LogP contribution in [0.3, 0.4) is 0 Å². The van der Waals surface area contributed by atoms with Crippen molar-refractivity contribution in [2.45, 2.75) is 64.6 Å². The first-order valence-electron chi connectivity index (χ1n) is 11.2. The number of piperazine rings is 1. The summed E-state index contributed by atoms with van der Waals surface area (Å²) in [7, 11) is 0. The molecule has 152 valence electrons. The molecule has 1 aromatic heterocycles. The second-order valence-corrected chi connectivity index (χ2v) is 9.17. The lowest BCUT2D eigenvalue weighted by Gasteiger charge is -2.35. The number of hydrogen-bond acceptors (Lipinski definition) is 3. The number of rotatable bonds is 7. The van der Waals surface area contributed by atoms with Gasteiger partial charge in [0.25, 0.3) is 0 Å². The number of nitrogens with zero attached hydrogens (tertiary/aromatic N) is 4. The van der Waals surface area contributed by atoms with Gasteiger partial charge in [-0.05, 0) is 29.2 Å². The smallest absolute Gasteiger partial charge is 0.209 e. The second-order valence-electron chi connectivity index (χ2n) is 9.17. The third-order valence-corrected chi connectivity index (χ3v) is 6.60. The van der Waals surface area contributed by atoms with Crippen molar-refractivity contribution in [3.63, 3.8) is 0 Å². The van der Waals surface area contributed by atoms with Gasteiger partial charge >= 0.3 is 0 Å². The molecule has 28 heavy (non-hydrogen) atoms. The zero-order chi connectivity index (χ0) is 19.3. The minimum atomic E-state index is 0.425. The summed E-state index contributed by atoms with van der Waals surface area (Å²) >= 11 is 0. The fourth-order valence-corrected chi connectivity index (χ4v) is 5.10. The van der Waals surface area contributed by atoms with Crippen molar-refractivity contribution in [3.05, 3.63) is 41.7 Å². The van der Waals surface area contributed by atoms with Gasteiger partial charge in [-0.3, -0.25) is 0 Å². The molecule has 0 bridgehead atoms. The van der Waals surface area contributed by atoms with Crippen LogP contribution in [0.1, 0.15) is 69.4 Å². The maximum atomic E-state index is 4.55. The predicted octanol–water partition coefficient (Wildman–Crippen LogP) is 0.859. The Hall–Kier alpha value is -1.79. The van der Waals surface area contributed by atoms with Crippen LogP contribution >= 0.6 is 0 Å². The third kappa shape index (κ3) is 4.61. The molecular weight excluding hydrogens is 348 g/mol. The lowest BCUT2D eigenvalue weighted by Crippen LogP contribution is -3.27. The molecule has 0 unspecified atom stereocenters. The van der Waals surface area contributed by atoms with Crippen LogP contribution in [0.5, 0.6) is 0 Å². The monoisotopic (exact) mass is 384 g/mol. The van der Waals surface area contributed by atoms with Crippen LogP contribution in [-0.4, -0.2) is 46.4 Å². The summed E-state index contributed by atoms with van der Waals surface area (Å²) in [5.74, 6) is 1.79. The summed E-state index contributed by atoms with van der Waals surface area (Å²) in [5, 5.41) is 13.1. The third-order valence-electron chi connectivity index (χ3n) is 6.60. The van der Waals surface area contributed by atoms with Crippen molar-refractivity contribution in [2.24, 2.45) is 5.92 Å². The van der Waals surface area contributed by atoms with E-state index in [1.54, 1.807) is 9.80 Å². The van der Waals surface area contributed by atoms with Gasteiger partial charge in [0.2, 0.25) is 5.82 Å². The van der Waals surface area contributed by atoms with Crippen molar-refractivity contribution >= 4 is 0 Å². The summed E-state index contributed by atoms with van der Waals surface area (Å²) in [6.45, 7) is 10.7. The number of hydrogen-bond donors (Lipinski definition) is 2. The average Bonchev–Trinajstić information content (AvgIpc) is 3.39. The highest BCUT2D eigenvalue weighted by atomic mass is 15.6. The molecule has 2 N–H and O–H groups in total. The molecule has 1 aliphatic carbocycles. The first kappa shape index (κ1) is 19.5. The summed E-state index contributed by atoms with van der Waals surface area (Å²) in [6, 6.07) is 11.9. The number of nitrogens with one attached hydrogen (secondary N) is 2. The number of benzene rings is 1. The summed E-state index contributed by atoms with van der Waals surface area (Å²) in [6.07, 6.45) is 6.25. The van der Waals surface area contributed by atoms with E-state index < -0.39 is 0 Å². The predicted molar refractivity (Wildman–Crippen MR) is 109 cm³/mol. The average molecular weight is 385 g/mol. The van der Waals surface area contributed by atoms with Gasteiger partial charge in [-0.2, -0.15) is 0 Å². The quantitative estimate of drug-likeness (QED) is 0.745. The molecule has 6 heteroatoms. The maximum Gasteiger partial charge on any atom is 0.209 e. The van der Waals surface area contributed by atoms with Gasteiger partial charge in [0, 0.05) is 12.0 Å². The fourth-order valence-electron chi connectivity index (χ4n) is 5.10. The van der Waals surface area contributed by atoms with E-state index in [0.717, 1.165) is 18.8 Å². The van der Waals surface area contributed by atoms with Gasteiger partial charge in [0.05, 0.1) is 6.04 Å². The number of quaternary nitrogens is 2. The molecule has 4 rings (SSSR count). The minimum absolute atomic E-state index is 0.425. The van der Waals surface area contributed by atoms with Crippen LogP contribution in [0.4, 0.5) is 0 Å². The molecular formula is C22H36N6+2. The normalized spacial score (nSPS) is 24.7. The molecule has 1 atom stereocenters. The van der Waals surface area contributed by atoms with Crippen molar-refractivity contribution < 1.29 is 9.80 Å². The van der Waals surface area contributed by atoms with Crippen LogP contribution in [0, 0.1) is 5.92 Å². The molecule has 0 spiro atoms. The summed E-state index contributed by atoms with van der Waals surface area (Å²) < 4.78 is 2.19. The zero-order valence-electron chi connectivity index (χ0n) is 17.5. The summed E-state index contributed by atoms with van der Waals surface area (Å²) in [5.41, 5.74) is 1.45. The minimum Gasteiger partial charge on any atom is -0.322 e. The topological polar surface area (TPSA) is 52.5 Å².